The van der Waals surface area contributed by atoms with Crippen molar-refractivity contribution >= 4 is 34.6 Å². The molecule has 1 atom stereocenters. The molecule has 2 aromatic carbocycles. The molecule has 1 N–H and O–H groups in total. The molecule has 5 nitrogen and oxygen atoms in total. The van der Waals surface area contributed by atoms with Crippen molar-refractivity contribution in [2.45, 2.75) is 31.3 Å². The van der Waals surface area contributed by atoms with E-state index < -0.39 is 17.3 Å². The molecular formula is C19H20ClNO4S. The number of fused-ring (bicyclic) bond motifs is 1. The van der Waals surface area contributed by atoms with Crippen LogP contribution in [0.5, 0.6) is 5.75 Å². The molecule has 0 spiro atoms. The molecule has 26 heavy (non-hydrogen) atoms. The van der Waals surface area contributed by atoms with Crippen molar-refractivity contribution in [2.75, 3.05) is 17.7 Å². The summed E-state index contributed by atoms with van der Waals surface area (Å²) in [6, 6.07) is 11.3. The molecule has 0 saturated heterocycles. The summed E-state index contributed by atoms with van der Waals surface area (Å²) in [5.41, 5.74) is 2.52. The summed E-state index contributed by atoms with van der Waals surface area (Å²) in [6.45, 7) is 2.69. The molecule has 0 radical (unpaired) electrons. The first kappa shape index (κ1) is 18.9. The average molecular weight is 394 g/mol. The van der Waals surface area contributed by atoms with Gasteiger partial charge in [0.05, 0.1) is 17.3 Å². The van der Waals surface area contributed by atoms with E-state index in [1.165, 1.54) is 0 Å². The Morgan fingerprint density at radius 3 is 2.81 bits per heavy atom. The predicted octanol–water partition coefficient (Wildman–Crippen LogP) is 4.68. The number of rotatable bonds is 7. The van der Waals surface area contributed by atoms with Crippen molar-refractivity contribution in [3.05, 3.63) is 52.5 Å². The topological polar surface area (TPSA) is 70.6 Å². The molecule has 0 aromatic heterocycles. The van der Waals surface area contributed by atoms with E-state index in [-0.39, 0.29) is 6.61 Å². The second kappa shape index (κ2) is 8.66. The molecule has 0 aliphatic carbocycles. The number of unbranched alkanes of at least 4 members (excludes halogenated alkanes) is 1. The second-order valence-corrected chi connectivity index (χ2v) is 8.04. The molecule has 1 aliphatic heterocycles. The van der Waals surface area contributed by atoms with Gasteiger partial charge in [-0.1, -0.05) is 29.3 Å². The lowest BCUT2D eigenvalue weighted by atomic mass is 10.1. The van der Waals surface area contributed by atoms with Crippen molar-refractivity contribution in [3.8, 4) is 5.75 Å². The number of hydrogen-bond donors (Lipinski definition) is 1. The van der Waals surface area contributed by atoms with Gasteiger partial charge in [0.1, 0.15) is 18.1 Å². The first-order chi connectivity index (χ1) is 12.5. The van der Waals surface area contributed by atoms with Crippen LogP contribution in [0.4, 0.5) is 10.5 Å². The van der Waals surface area contributed by atoms with Gasteiger partial charge < -0.3 is 14.0 Å². The largest absolute Gasteiger partial charge is 0.611 e. The summed E-state index contributed by atoms with van der Waals surface area (Å²) in [5.74, 6) is 1.24. The van der Waals surface area contributed by atoms with E-state index >= 15 is 0 Å². The summed E-state index contributed by atoms with van der Waals surface area (Å²) in [5, 5.41) is 3.01. The fraction of sp³-hybridized carbons (Fsp3) is 0.316. The maximum atomic E-state index is 12.2. The summed E-state index contributed by atoms with van der Waals surface area (Å²) in [7, 11) is 0. The van der Waals surface area contributed by atoms with E-state index in [1.807, 2.05) is 37.3 Å². The number of hydrogen-bond acceptors (Lipinski definition) is 4. The number of anilines is 1. The van der Waals surface area contributed by atoms with Crippen molar-refractivity contribution < 1.29 is 18.8 Å². The van der Waals surface area contributed by atoms with Gasteiger partial charge in [-0.3, -0.25) is 5.32 Å². The van der Waals surface area contributed by atoms with E-state index in [4.69, 9.17) is 21.1 Å². The highest BCUT2D eigenvalue weighted by Crippen LogP contribution is 2.34. The van der Waals surface area contributed by atoms with Crippen molar-refractivity contribution in [2.24, 2.45) is 0 Å². The Labute approximate surface area is 160 Å². The second-order valence-electron chi connectivity index (χ2n) is 6.06. The van der Waals surface area contributed by atoms with E-state index in [9.17, 15) is 9.35 Å². The summed E-state index contributed by atoms with van der Waals surface area (Å²) >= 11 is 5.20. The number of benzene rings is 2. The van der Waals surface area contributed by atoms with Crippen LogP contribution >= 0.6 is 11.6 Å². The van der Waals surface area contributed by atoms with Crippen LogP contribution in [0.2, 0.25) is 5.02 Å². The number of carbonyl (C=O) groups excluding carboxylic acids is 1. The molecule has 3 rings (SSSR count). The minimum Gasteiger partial charge on any atom is -0.611 e. The molecule has 0 bridgehead atoms. The molecule has 7 heteroatoms. The molecule has 2 aromatic rings. The predicted molar refractivity (Wildman–Crippen MR) is 102 cm³/mol. The molecular weight excluding hydrogens is 374 g/mol. The zero-order chi connectivity index (χ0) is 18.5. The number of halogens is 1. The zero-order valence-corrected chi connectivity index (χ0v) is 16.0. The number of aryl methyl sites for hydroxylation is 1. The normalized spacial score (nSPS) is 14.2. The quantitative estimate of drug-likeness (QED) is 0.547. The van der Waals surface area contributed by atoms with Crippen LogP contribution < -0.4 is 10.1 Å². The van der Waals surface area contributed by atoms with Crippen LogP contribution in [0, 0.1) is 6.92 Å². The van der Waals surface area contributed by atoms with Gasteiger partial charge in [-0.05, 0) is 49.1 Å². The fourth-order valence-corrected chi connectivity index (χ4v) is 4.01. The van der Waals surface area contributed by atoms with Crippen LogP contribution in [0.1, 0.15) is 24.0 Å². The Balaban J connectivity index is 1.44. The Hall–Kier alpha value is -1.89. The van der Waals surface area contributed by atoms with E-state index in [1.54, 1.807) is 6.07 Å². The standard InChI is InChI=1S/C19H20ClNO4S/c1-13-4-6-16(7-5-13)26(23)9-3-2-8-24-15-10-14-12-25-19(22)21-18(14)17(20)11-15/h4-7,10-11H,2-3,8-9,12H2,1H3,(H,21,22). The van der Waals surface area contributed by atoms with Crippen molar-refractivity contribution in [1.29, 1.82) is 0 Å². The smallest absolute Gasteiger partial charge is 0.412 e. The monoisotopic (exact) mass is 393 g/mol. The summed E-state index contributed by atoms with van der Waals surface area (Å²) in [4.78, 5) is 12.1. The number of cyclic esters (lactones) is 1. The van der Waals surface area contributed by atoms with Gasteiger partial charge in [-0.25, -0.2) is 4.79 Å². The average Bonchev–Trinajstić information content (AvgIpc) is 2.62. The minimum absolute atomic E-state index is 0.174. The lowest BCUT2D eigenvalue weighted by Gasteiger charge is -2.19. The van der Waals surface area contributed by atoms with Crippen LogP contribution in [-0.2, 0) is 22.5 Å². The Morgan fingerprint density at radius 2 is 2.04 bits per heavy atom. The van der Waals surface area contributed by atoms with Gasteiger partial charge in [0.25, 0.3) is 0 Å². The summed E-state index contributed by atoms with van der Waals surface area (Å²) in [6.07, 6.45) is 1.09. The molecule has 138 valence electrons. The third kappa shape index (κ3) is 4.84. The SMILES string of the molecule is Cc1ccc([S+]([O-])CCCCOc2cc(Cl)c3c(c2)COC(=O)N3)cc1. The highest BCUT2D eigenvalue weighted by Gasteiger charge is 2.19. The van der Waals surface area contributed by atoms with E-state index in [0.717, 1.165) is 28.9 Å². The van der Waals surface area contributed by atoms with Gasteiger partial charge in [0.2, 0.25) is 0 Å². The maximum absolute atomic E-state index is 12.2. The van der Waals surface area contributed by atoms with Crippen LogP contribution in [0.15, 0.2) is 41.3 Å². The number of ether oxygens (including phenoxy) is 2. The third-order valence-electron chi connectivity index (χ3n) is 4.01. The number of amides is 1. The van der Waals surface area contributed by atoms with Gasteiger partial charge in [0, 0.05) is 11.6 Å². The van der Waals surface area contributed by atoms with Crippen LogP contribution in [-0.4, -0.2) is 23.0 Å². The highest BCUT2D eigenvalue weighted by atomic mass is 35.5. The number of nitrogens with one attached hydrogen (secondary N) is 1. The molecule has 0 fully saturated rings. The van der Waals surface area contributed by atoms with Gasteiger partial charge in [-0.15, -0.1) is 0 Å². The molecule has 1 amide bonds. The van der Waals surface area contributed by atoms with E-state index in [0.29, 0.717) is 28.8 Å². The lowest BCUT2D eigenvalue weighted by Crippen LogP contribution is -2.20. The molecule has 1 unspecified atom stereocenters. The first-order valence-electron chi connectivity index (χ1n) is 8.37. The Kier molecular flexibility index (Phi) is 6.29. The zero-order valence-electron chi connectivity index (χ0n) is 14.4. The molecule has 0 saturated carbocycles. The number of carbonyl (C=O) groups is 1. The summed E-state index contributed by atoms with van der Waals surface area (Å²) < 4.78 is 22.9. The third-order valence-corrected chi connectivity index (χ3v) is 5.76. The van der Waals surface area contributed by atoms with E-state index in [2.05, 4.69) is 5.32 Å². The van der Waals surface area contributed by atoms with Gasteiger partial charge in [0.15, 0.2) is 4.90 Å². The minimum atomic E-state index is -0.982. The first-order valence-corrected chi connectivity index (χ1v) is 10.1. The lowest BCUT2D eigenvalue weighted by molar-refractivity contribution is 0.151. The van der Waals surface area contributed by atoms with Crippen LogP contribution in [0.25, 0.3) is 0 Å². The Bertz CT molecular complexity index is 782. The van der Waals surface area contributed by atoms with Gasteiger partial charge >= 0.3 is 6.09 Å². The highest BCUT2D eigenvalue weighted by molar-refractivity contribution is 7.91. The maximum Gasteiger partial charge on any atom is 0.412 e. The van der Waals surface area contributed by atoms with Crippen molar-refractivity contribution in [3.63, 3.8) is 0 Å². The molecule has 1 heterocycles. The fourth-order valence-electron chi connectivity index (χ4n) is 2.59. The van der Waals surface area contributed by atoms with Crippen molar-refractivity contribution in [1.82, 2.24) is 0 Å². The molecule has 1 aliphatic rings. The van der Waals surface area contributed by atoms with Gasteiger partial charge in [-0.2, -0.15) is 0 Å². The Morgan fingerprint density at radius 1 is 1.27 bits per heavy atom. The van der Waals surface area contributed by atoms with Crippen LogP contribution in [0.3, 0.4) is 0 Å².